The number of hydrogen-bond acceptors (Lipinski definition) is 3. The van der Waals surface area contributed by atoms with Gasteiger partial charge in [0, 0.05) is 7.05 Å². The Balaban J connectivity index is 3.30. The Labute approximate surface area is 81.2 Å². The molecule has 0 aliphatic heterocycles. The molecule has 0 aliphatic carbocycles. The molecule has 13 heavy (non-hydrogen) atoms. The highest BCUT2D eigenvalue weighted by Crippen LogP contribution is 2.31. The van der Waals surface area contributed by atoms with Gasteiger partial charge in [0.2, 0.25) is 6.08 Å². The van der Waals surface area contributed by atoms with Crippen LogP contribution < -0.4 is 0 Å². The lowest BCUT2D eigenvalue weighted by Gasteiger charge is -1.97. The Morgan fingerprint density at radius 1 is 1.62 bits per heavy atom. The number of rotatable bonds is 2. The first-order valence-corrected chi connectivity index (χ1v) is 4.26. The molecular weight excluding hydrogens is 190 g/mol. The smallest absolute Gasteiger partial charge is 0.242 e. The quantitative estimate of drug-likeness (QED) is 0.541. The maximum atomic E-state index is 10.1. The summed E-state index contributed by atoms with van der Waals surface area (Å²) in [5.41, 5.74) is 0.748. The predicted molar refractivity (Wildman–Crippen MR) is 50.1 cm³/mol. The minimum absolute atomic E-state index is 0.217. The molecule has 0 aliphatic rings. The zero-order valence-electron chi connectivity index (χ0n) is 7.71. The molecule has 0 N–H and O–H groups in total. The van der Waals surface area contributed by atoms with E-state index >= 15 is 0 Å². The largest absolute Gasteiger partial charge is 0.249 e. The van der Waals surface area contributed by atoms with Crippen LogP contribution in [-0.2, 0) is 11.8 Å². The standard InChI is InChI=1S/C8H10ClN3O/c1-5(2)7-6(9)8(10-4-13)12(3)11-7/h5H,1-3H3. The topological polar surface area (TPSA) is 47.2 Å². The normalized spacial score (nSPS) is 10.2. The number of aromatic nitrogens is 2. The van der Waals surface area contributed by atoms with Crippen LogP contribution in [0.5, 0.6) is 0 Å². The van der Waals surface area contributed by atoms with Gasteiger partial charge in [0.15, 0.2) is 5.82 Å². The third-order valence-corrected chi connectivity index (χ3v) is 2.05. The second kappa shape index (κ2) is 3.73. The minimum Gasteiger partial charge on any atom is -0.249 e. The number of halogens is 1. The molecule has 4 nitrogen and oxygen atoms in total. The van der Waals surface area contributed by atoms with Gasteiger partial charge in [0.1, 0.15) is 5.02 Å². The van der Waals surface area contributed by atoms with E-state index in [9.17, 15) is 4.79 Å². The molecule has 1 aromatic heterocycles. The van der Waals surface area contributed by atoms with Gasteiger partial charge in [-0.25, -0.2) is 9.48 Å². The highest BCUT2D eigenvalue weighted by atomic mass is 35.5. The van der Waals surface area contributed by atoms with Crippen molar-refractivity contribution in [2.75, 3.05) is 0 Å². The first kappa shape index (κ1) is 9.96. The van der Waals surface area contributed by atoms with Crippen LogP contribution in [0.25, 0.3) is 0 Å². The Bertz CT molecular complexity index is 364. The molecule has 1 heterocycles. The van der Waals surface area contributed by atoms with Crippen LogP contribution in [0.4, 0.5) is 5.82 Å². The lowest BCUT2D eigenvalue weighted by atomic mass is 10.1. The summed E-state index contributed by atoms with van der Waals surface area (Å²) in [5, 5.41) is 4.57. The van der Waals surface area contributed by atoms with Crippen LogP contribution in [0.1, 0.15) is 25.5 Å². The Morgan fingerprint density at radius 3 is 2.62 bits per heavy atom. The molecule has 0 saturated heterocycles. The molecule has 1 rings (SSSR count). The number of hydrogen-bond donors (Lipinski definition) is 0. The number of aliphatic imine (C=N–C) groups is 1. The highest BCUT2D eigenvalue weighted by molar-refractivity contribution is 6.33. The van der Waals surface area contributed by atoms with Crippen molar-refractivity contribution >= 4 is 23.5 Å². The maximum absolute atomic E-state index is 10.1. The van der Waals surface area contributed by atoms with Crippen LogP contribution in [0.3, 0.4) is 0 Å². The maximum Gasteiger partial charge on any atom is 0.242 e. The number of isocyanates is 1. The molecule has 1 aromatic rings. The van der Waals surface area contributed by atoms with Crippen molar-refractivity contribution in [3.8, 4) is 0 Å². The van der Waals surface area contributed by atoms with Crippen molar-refractivity contribution in [3.05, 3.63) is 10.7 Å². The molecule has 0 spiro atoms. The first-order chi connectivity index (χ1) is 6.07. The molecule has 0 saturated carbocycles. The zero-order valence-corrected chi connectivity index (χ0v) is 8.46. The van der Waals surface area contributed by atoms with Crippen molar-refractivity contribution in [2.45, 2.75) is 19.8 Å². The Morgan fingerprint density at radius 2 is 2.23 bits per heavy atom. The Hall–Kier alpha value is -1.12. The van der Waals surface area contributed by atoms with E-state index in [4.69, 9.17) is 11.6 Å². The fourth-order valence-electron chi connectivity index (χ4n) is 1.04. The van der Waals surface area contributed by atoms with Gasteiger partial charge >= 0.3 is 0 Å². The van der Waals surface area contributed by atoms with Gasteiger partial charge in [-0.3, -0.25) is 0 Å². The Kier molecular flexibility index (Phi) is 2.86. The number of aryl methyl sites for hydroxylation is 1. The summed E-state index contributed by atoms with van der Waals surface area (Å²) in [6, 6.07) is 0. The second-order valence-electron chi connectivity index (χ2n) is 3.00. The SMILES string of the molecule is CC(C)c1nn(C)c(N=C=O)c1Cl. The van der Waals surface area contributed by atoms with Gasteiger partial charge in [0.05, 0.1) is 5.69 Å². The lowest BCUT2D eigenvalue weighted by Crippen LogP contribution is -1.93. The molecule has 0 fully saturated rings. The van der Waals surface area contributed by atoms with E-state index in [1.807, 2.05) is 13.8 Å². The summed E-state index contributed by atoms with van der Waals surface area (Å²) in [4.78, 5) is 13.5. The van der Waals surface area contributed by atoms with Gasteiger partial charge in [0.25, 0.3) is 0 Å². The van der Waals surface area contributed by atoms with E-state index in [1.54, 1.807) is 7.05 Å². The zero-order chi connectivity index (χ0) is 10.0. The fourth-order valence-corrected chi connectivity index (χ4v) is 1.46. The molecule has 0 radical (unpaired) electrons. The average Bonchev–Trinajstić information content (AvgIpc) is 2.32. The van der Waals surface area contributed by atoms with Crippen molar-refractivity contribution < 1.29 is 4.79 Å². The van der Waals surface area contributed by atoms with Crippen molar-refractivity contribution in [2.24, 2.45) is 12.0 Å². The predicted octanol–water partition coefficient (Wildman–Crippen LogP) is 2.16. The van der Waals surface area contributed by atoms with Crippen molar-refractivity contribution in [1.29, 1.82) is 0 Å². The van der Waals surface area contributed by atoms with Gasteiger partial charge in [-0.2, -0.15) is 5.10 Å². The monoisotopic (exact) mass is 199 g/mol. The highest BCUT2D eigenvalue weighted by Gasteiger charge is 2.15. The van der Waals surface area contributed by atoms with E-state index in [0.717, 1.165) is 5.69 Å². The molecule has 0 unspecified atom stereocenters. The third kappa shape index (κ3) is 1.79. The van der Waals surface area contributed by atoms with Crippen molar-refractivity contribution in [3.63, 3.8) is 0 Å². The van der Waals surface area contributed by atoms with E-state index in [0.29, 0.717) is 10.8 Å². The summed E-state index contributed by atoms with van der Waals surface area (Å²) in [5.74, 6) is 0.578. The van der Waals surface area contributed by atoms with Crippen LogP contribution in [0, 0.1) is 0 Å². The summed E-state index contributed by atoms with van der Waals surface area (Å²) in [6.07, 6.45) is 1.45. The van der Waals surface area contributed by atoms with Crippen LogP contribution >= 0.6 is 11.6 Å². The summed E-state index contributed by atoms with van der Waals surface area (Å²) in [6.45, 7) is 3.95. The van der Waals surface area contributed by atoms with Crippen LogP contribution in [-0.4, -0.2) is 15.9 Å². The van der Waals surface area contributed by atoms with Gasteiger partial charge < -0.3 is 0 Å². The molecule has 5 heteroatoms. The first-order valence-electron chi connectivity index (χ1n) is 3.88. The summed E-state index contributed by atoms with van der Waals surface area (Å²) in [7, 11) is 1.69. The number of carbonyl (C=O) groups excluding carboxylic acids is 1. The van der Waals surface area contributed by atoms with Gasteiger partial charge in [-0.15, -0.1) is 4.99 Å². The van der Waals surface area contributed by atoms with Crippen LogP contribution in [0.2, 0.25) is 5.02 Å². The van der Waals surface area contributed by atoms with E-state index < -0.39 is 0 Å². The lowest BCUT2D eigenvalue weighted by molar-refractivity contribution is 0.564. The van der Waals surface area contributed by atoms with Gasteiger partial charge in [-0.05, 0) is 5.92 Å². The molecular formula is C8H10ClN3O. The molecule has 0 bridgehead atoms. The molecule has 0 atom stereocenters. The summed E-state index contributed by atoms with van der Waals surface area (Å²) < 4.78 is 1.47. The van der Waals surface area contributed by atoms with Gasteiger partial charge in [-0.1, -0.05) is 25.4 Å². The average molecular weight is 200 g/mol. The van der Waals surface area contributed by atoms with Crippen molar-refractivity contribution in [1.82, 2.24) is 9.78 Å². The number of nitrogens with zero attached hydrogens (tertiary/aromatic N) is 3. The molecule has 70 valence electrons. The molecule has 0 amide bonds. The summed E-state index contributed by atoms with van der Waals surface area (Å²) >= 11 is 5.95. The third-order valence-electron chi connectivity index (χ3n) is 1.68. The van der Waals surface area contributed by atoms with E-state index in [1.165, 1.54) is 10.8 Å². The van der Waals surface area contributed by atoms with Crippen LogP contribution in [0.15, 0.2) is 4.99 Å². The molecule has 0 aromatic carbocycles. The van der Waals surface area contributed by atoms with E-state index in [-0.39, 0.29) is 5.92 Å². The fraction of sp³-hybridized carbons (Fsp3) is 0.500. The second-order valence-corrected chi connectivity index (χ2v) is 3.38. The minimum atomic E-state index is 0.217. The van der Waals surface area contributed by atoms with E-state index in [2.05, 4.69) is 10.1 Å².